The predicted molar refractivity (Wildman–Crippen MR) is 48.6 cm³/mol. The number of ether oxygens (including phenoxy) is 1. The van der Waals surface area contributed by atoms with E-state index < -0.39 is 24.8 Å². The molecule has 0 aliphatic heterocycles. The molecule has 0 bridgehead atoms. The van der Waals surface area contributed by atoms with Crippen molar-refractivity contribution in [3.8, 4) is 0 Å². The third-order valence-corrected chi connectivity index (χ3v) is 1.25. The van der Waals surface area contributed by atoms with Crippen LogP contribution in [0.15, 0.2) is 5.28 Å². The summed E-state index contributed by atoms with van der Waals surface area (Å²) >= 11 is 0. The van der Waals surface area contributed by atoms with E-state index in [4.69, 9.17) is 5.11 Å². The molecule has 9 nitrogen and oxygen atoms in total. The lowest BCUT2D eigenvalue weighted by atomic mass is 10.7. The number of carboxylic acid groups (broad SMARTS) is 1. The van der Waals surface area contributed by atoms with Gasteiger partial charge in [-0.25, -0.2) is 0 Å². The van der Waals surface area contributed by atoms with Gasteiger partial charge in [-0.3, -0.25) is 14.4 Å². The van der Waals surface area contributed by atoms with E-state index in [1.807, 2.05) is 0 Å². The number of likely N-dealkylation sites (N-methyl/N-ethyl adjacent to an activating group) is 1. The Balaban J connectivity index is 4.11. The van der Waals surface area contributed by atoms with Crippen molar-refractivity contribution in [3.63, 3.8) is 0 Å². The second-order valence-corrected chi connectivity index (χ2v) is 2.83. The predicted octanol–water partition coefficient (Wildman–Crippen LogP) is -0.279. The van der Waals surface area contributed by atoms with Crippen LogP contribution in [0.3, 0.4) is 0 Å². The Bertz CT molecular complexity index is 292. The molecule has 1 atom stereocenters. The zero-order chi connectivity index (χ0) is 12.7. The van der Waals surface area contributed by atoms with E-state index in [0.717, 1.165) is 5.01 Å². The fourth-order valence-corrected chi connectivity index (χ4v) is 0.681. The molecule has 0 spiro atoms. The van der Waals surface area contributed by atoms with Gasteiger partial charge in [-0.2, -0.15) is 0 Å². The van der Waals surface area contributed by atoms with Crippen LogP contribution in [0.2, 0.25) is 0 Å². The number of carbonyl (C=O) groups excluding carboxylic acids is 1. The Morgan fingerprint density at radius 3 is 2.62 bits per heavy atom. The summed E-state index contributed by atoms with van der Waals surface area (Å²) in [5.41, 5.74) is 0. The highest BCUT2D eigenvalue weighted by Gasteiger charge is 2.13. The van der Waals surface area contributed by atoms with E-state index >= 15 is 0 Å². The van der Waals surface area contributed by atoms with E-state index in [0.29, 0.717) is 0 Å². The normalized spacial score (nSPS) is 12.8. The SMILES string of the molecule is CC(=O)OC(C)O/N=[N+](\[O-])N(C)CC(=O)O. The van der Waals surface area contributed by atoms with Gasteiger partial charge in [0, 0.05) is 13.8 Å². The second-order valence-electron chi connectivity index (χ2n) is 2.83. The van der Waals surface area contributed by atoms with Crippen LogP contribution in [-0.4, -0.2) is 46.9 Å². The smallest absolute Gasteiger partial charge is 0.329 e. The van der Waals surface area contributed by atoms with Crippen molar-refractivity contribution < 1.29 is 29.2 Å². The van der Waals surface area contributed by atoms with Crippen LogP contribution >= 0.6 is 0 Å². The van der Waals surface area contributed by atoms with Crippen LogP contribution in [0.5, 0.6) is 0 Å². The fourth-order valence-electron chi connectivity index (χ4n) is 0.681. The maximum atomic E-state index is 11.0. The summed E-state index contributed by atoms with van der Waals surface area (Å²) in [7, 11) is 1.21. The number of hydrogen-bond acceptors (Lipinski definition) is 6. The van der Waals surface area contributed by atoms with E-state index in [-0.39, 0.29) is 4.97 Å². The highest BCUT2D eigenvalue weighted by atomic mass is 16.8. The summed E-state index contributed by atoms with van der Waals surface area (Å²) in [6.07, 6.45) is -1.02. The molecule has 0 fully saturated rings. The first-order valence-corrected chi connectivity index (χ1v) is 4.27. The van der Waals surface area contributed by atoms with Gasteiger partial charge in [0.2, 0.25) is 5.28 Å². The number of rotatable bonds is 6. The molecular formula is C7H13N3O6. The summed E-state index contributed by atoms with van der Waals surface area (Å²) in [4.78, 5) is 25.1. The number of esters is 1. The van der Waals surface area contributed by atoms with Gasteiger partial charge < -0.3 is 15.1 Å². The number of hydrogen-bond donors (Lipinski definition) is 1. The van der Waals surface area contributed by atoms with Gasteiger partial charge in [-0.15, -0.1) is 5.01 Å². The van der Waals surface area contributed by atoms with Crippen LogP contribution in [0.25, 0.3) is 0 Å². The summed E-state index contributed by atoms with van der Waals surface area (Å²) < 4.78 is 4.51. The molecule has 0 saturated carbocycles. The molecule has 1 unspecified atom stereocenters. The van der Waals surface area contributed by atoms with Crippen LogP contribution in [-0.2, 0) is 19.2 Å². The average Bonchev–Trinajstić information content (AvgIpc) is 2.11. The van der Waals surface area contributed by atoms with Crippen molar-refractivity contribution in [2.45, 2.75) is 20.1 Å². The molecule has 0 aromatic carbocycles. The lowest BCUT2D eigenvalue weighted by molar-refractivity contribution is -0.705. The first kappa shape index (κ1) is 13.9. The van der Waals surface area contributed by atoms with Crippen LogP contribution < -0.4 is 0 Å². The van der Waals surface area contributed by atoms with E-state index in [9.17, 15) is 14.8 Å². The number of aliphatic carboxylic acids is 1. The maximum Gasteiger partial charge on any atom is 0.329 e. The molecule has 0 aliphatic rings. The zero-order valence-corrected chi connectivity index (χ0v) is 9.11. The highest BCUT2D eigenvalue weighted by molar-refractivity contribution is 5.68. The number of hydrazine groups is 1. The van der Waals surface area contributed by atoms with Gasteiger partial charge in [0.25, 0.3) is 6.29 Å². The minimum Gasteiger partial charge on any atom is -0.569 e. The minimum absolute atomic E-state index is 0.0614. The molecule has 0 saturated heterocycles. The van der Waals surface area contributed by atoms with Crippen LogP contribution in [0.4, 0.5) is 0 Å². The Morgan fingerprint density at radius 2 is 2.19 bits per heavy atom. The molecule has 0 aromatic heterocycles. The van der Waals surface area contributed by atoms with Crippen LogP contribution in [0.1, 0.15) is 13.8 Å². The molecule has 0 aliphatic carbocycles. The summed E-state index contributed by atoms with van der Waals surface area (Å²) in [5.74, 6) is -1.77. The molecule has 16 heavy (non-hydrogen) atoms. The fraction of sp³-hybridized carbons (Fsp3) is 0.714. The quantitative estimate of drug-likeness (QED) is 0.221. The molecule has 1 N–H and O–H groups in total. The molecule has 0 heterocycles. The maximum absolute atomic E-state index is 11.0. The molecule has 0 aromatic rings. The van der Waals surface area contributed by atoms with Gasteiger partial charge in [-0.1, -0.05) is 0 Å². The van der Waals surface area contributed by atoms with Gasteiger partial charge in [0.1, 0.15) is 0 Å². The monoisotopic (exact) mass is 235 g/mol. The van der Waals surface area contributed by atoms with Crippen molar-refractivity contribution >= 4 is 11.9 Å². The van der Waals surface area contributed by atoms with Crippen molar-refractivity contribution in [1.82, 2.24) is 5.01 Å². The van der Waals surface area contributed by atoms with Crippen molar-refractivity contribution in [2.75, 3.05) is 13.6 Å². The summed E-state index contributed by atoms with van der Waals surface area (Å²) in [6, 6.07) is 0. The number of carbonyl (C=O) groups is 2. The first-order chi connectivity index (χ1) is 7.32. The Hall–Kier alpha value is -2.06. The molecule has 0 rings (SSSR count). The lowest BCUT2D eigenvalue weighted by Gasteiger charge is -2.11. The van der Waals surface area contributed by atoms with Crippen molar-refractivity contribution in [1.29, 1.82) is 0 Å². The minimum atomic E-state index is -1.19. The van der Waals surface area contributed by atoms with E-state index in [2.05, 4.69) is 14.9 Å². The van der Waals surface area contributed by atoms with Gasteiger partial charge >= 0.3 is 11.9 Å². The molecule has 92 valence electrons. The van der Waals surface area contributed by atoms with Crippen molar-refractivity contribution in [2.24, 2.45) is 5.28 Å². The third kappa shape index (κ3) is 6.40. The largest absolute Gasteiger partial charge is 0.569 e. The summed E-state index contributed by atoms with van der Waals surface area (Å²) in [5, 5.41) is 23.1. The number of carboxylic acids is 1. The van der Waals surface area contributed by atoms with Crippen LogP contribution in [0, 0.1) is 5.21 Å². The first-order valence-electron chi connectivity index (χ1n) is 4.27. The van der Waals surface area contributed by atoms with E-state index in [1.54, 1.807) is 0 Å². The highest BCUT2D eigenvalue weighted by Crippen LogP contribution is 1.96. The van der Waals surface area contributed by atoms with Gasteiger partial charge in [-0.05, 0) is 0 Å². The molecule has 0 amide bonds. The molecule has 0 radical (unpaired) electrons. The van der Waals surface area contributed by atoms with Crippen molar-refractivity contribution in [3.05, 3.63) is 5.21 Å². The topological polar surface area (TPSA) is 114 Å². The average molecular weight is 235 g/mol. The lowest BCUT2D eigenvalue weighted by Crippen LogP contribution is -2.32. The van der Waals surface area contributed by atoms with Gasteiger partial charge in [0.05, 0.1) is 12.0 Å². The third-order valence-electron chi connectivity index (χ3n) is 1.25. The Kier molecular flexibility index (Phi) is 5.60. The zero-order valence-electron chi connectivity index (χ0n) is 9.11. The molecule has 9 heteroatoms. The standard InChI is InChI=1S/C7H13N3O6/c1-5(11)15-6(2)16-8-10(14)9(3)4-7(12)13/h6H,4H2,1-3H3,(H,12,13)/b10-8-. The molecular weight excluding hydrogens is 222 g/mol. The number of nitrogens with zero attached hydrogens (tertiary/aromatic N) is 3. The van der Waals surface area contributed by atoms with Gasteiger partial charge in [0.15, 0.2) is 6.54 Å². The Labute approximate surface area is 91.4 Å². The Morgan fingerprint density at radius 1 is 1.62 bits per heavy atom. The summed E-state index contributed by atoms with van der Waals surface area (Å²) in [6.45, 7) is 2.00. The van der Waals surface area contributed by atoms with E-state index in [1.165, 1.54) is 20.9 Å². The second kappa shape index (κ2) is 6.43.